The monoisotopic (exact) mass is 348 g/mol. The molecule has 0 spiro atoms. The van der Waals surface area contributed by atoms with E-state index in [4.69, 9.17) is 5.11 Å². The predicted octanol–water partition coefficient (Wildman–Crippen LogP) is 1.05. The first-order valence-corrected chi connectivity index (χ1v) is 9.77. The molecule has 1 aliphatic heterocycles. The number of hydrogen-bond donors (Lipinski definition) is 2. The summed E-state index contributed by atoms with van der Waals surface area (Å²) in [5, 5.41) is 8.78. The van der Waals surface area contributed by atoms with Crippen LogP contribution < -0.4 is 4.72 Å². The van der Waals surface area contributed by atoms with Crippen molar-refractivity contribution in [3.8, 4) is 0 Å². The second-order valence-corrected chi connectivity index (χ2v) is 9.19. The topological polar surface area (TPSA) is 104 Å². The Morgan fingerprint density at radius 1 is 1.35 bits per heavy atom. The molecular formula is C15H28N2O5S. The van der Waals surface area contributed by atoms with E-state index in [-0.39, 0.29) is 18.2 Å². The van der Waals surface area contributed by atoms with Crippen molar-refractivity contribution in [2.75, 3.05) is 19.3 Å². The molecule has 23 heavy (non-hydrogen) atoms. The summed E-state index contributed by atoms with van der Waals surface area (Å²) in [5.41, 5.74) is -0.547. The average molecular weight is 348 g/mol. The molecule has 0 radical (unpaired) electrons. The van der Waals surface area contributed by atoms with E-state index in [0.717, 1.165) is 19.1 Å². The van der Waals surface area contributed by atoms with Gasteiger partial charge in [-0.1, -0.05) is 20.8 Å². The lowest BCUT2D eigenvalue weighted by atomic mass is 9.85. The Bertz CT molecular complexity index is 539. The Labute approximate surface area is 138 Å². The number of amides is 1. The fraction of sp³-hybridized carbons (Fsp3) is 0.867. The summed E-state index contributed by atoms with van der Waals surface area (Å²) in [7, 11) is -3.50. The maximum atomic E-state index is 12.8. The van der Waals surface area contributed by atoms with E-state index in [2.05, 4.69) is 4.72 Å². The van der Waals surface area contributed by atoms with Gasteiger partial charge in [0.05, 0.1) is 6.26 Å². The van der Waals surface area contributed by atoms with Crippen LogP contribution in [0.2, 0.25) is 0 Å². The highest BCUT2D eigenvalue weighted by Crippen LogP contribution is 2.26. The molecule has 1 fully saturated rings. The molecule has 0 aliphatic carbocycles. The summed E-state index contributed by atoms with van der Waals surface area (Å²) in [6, 6.07) is -0.823. The number of sulfonamides is 1. The SMILES string of the molecule is CC(C)(C)C(NS(C)(=O)=O)C(=O)N1CCCC(CCC(=O)O)C1. The minimum atomic E-state index is -3.50. The van der Waals surface area contributed by atoms with Crippen molar-refractivity contribution in [2.24, 2.45) is 11.3 Å². The molecule has 2 N–H and O–H groups in total. The maximum absolute atomic E-state index is 12.8. The van der Waals surface area contributed by atoms with E-state index in [9.17, 15) is 18.0 Å². The number of nitrogens with one attached hydrogen (secondary N) is 1. The summed E-state index contributed by atoms with van der Waals surface area (Å²) in [6.45, 7) is 6.53. The Hall–Kier alpha value is -1.15. The van der Waals surface area contributed by atoms with Gasteiger partial charge in [-0.25, -0.2) is 13.1 Å². The number of likely N-dealkylation sites (tertiary alicyclic amines) is 1. The lowest BCUT2D eigenvalue weighted by Crippen LogP contribution is -2.56. The molecule has 1 saturated heterocycles. The van der Waals surface area contributed by atoms with Crippen LogP contribution in [0, 0.1) is 11.3 Å². The molecule has 1 rings (SSSR count). The zero-order valence-corrected chi connectivity index (χ0v) is 15.1. The number of carbonyl (C=O) groups excluding carboxylic acids is 1. The molecule has 8 heteroatoms. The molecule has 7 nitrogen and oxygen atoms in total. The van der Waals surface area contributed by atoms with E-state index >= 15 is 0 Å². The van der Waals surface area contributed by atoms with Crippen molar-refractivity contribution < 1.29 is 23.1 Å². The first kappa shape index (κ1) is 19.9. The number of rotatable bonds is 6. The third kappa shape index (κ3) is 6.87. The van der Waals surface area contributed by atoms with E-state index in [1.165, 1.54) is 0 Å². The fourth-order valence-electron chi connectivity index (χ4n) is 2.82. The standard InChI is InChI=1S/C15H28N2O5S/c1-15(2,3)13(16-23(4,21)22)14(20)17-9-5-6-11(10-17)7-8-12(18)19/h11,13,16H,5-10H2,1-4H3,(H,18,19). The lowest BCUT2D eigenvalue weighted by Gasteiger charge is -2.38. The molecule has 2 unspecified atom stereocenters. The fourth-order valence-corrected chi connectivity index (χ4v) is 3.71. The third-order valence-corrected chi connectivity index (χ3v) is 4.71. The molecule has 0 aromatic heterocycles. The van der Waals surface area contributed by atoms with Crippen LogP contribution in [0.5, 0.6) is 0 Å². The van der Waals surface area contributed by atoms with Gasteiger partial charge in [-0.2, -0.15) is 0 Å². The normalized spacial score (nSPS) is 21.0. The summed E-state index contributed by atoms with van der Waals surface area (Å²) < 4.78 is 25.6. The van der Waals surface area contributed by atoms with Crippen LogP contribution in [0.15, 0.2) is 0 Å². The van der Waals surface area contributed by atoms with Crippen LogP contribution in [0.25, 0.3) is 0 Å². The van der Waals surface area contributed by atoms with Gasteiger partial charge in [0.1, 0.15) is 6.04 Å². The Morgan fingerprint density at radius 3 is 2.43 bits per heavy atom. The molecule has 134 valence electrons. The molecular weight excluding hydrogens is 320 g/mol. The summed E-state index contributed by atoms with van der Waals surface area (Å²) in [4.78, 5) is 25.2. The van der Waals surface area contributed by atoms with Crippen LogP contribution in [0.1, 0.15) is 46.5 Å². The Kier molecular flexibility index (Phi) is 6.59. The van der Waals surface area contributed by atoms with E-state index < -0.39 is 27.4 Å². The summed E-state index contributed by atoms with van der Waals surface area (Å²) in [5.74, 6) is -0.912. The van der Waals surface area contributed by atoms with Crippen molar-refractivity contribution in [3.63, 3.8) is 0 Å². The minimum absolute atomic E-state index is 0.0942. The number of carboxylic acid groups (broad SMARTS) is 1. The largest absolute Gasteiger partial charge is 0.481 e. The van der Waals surface area contributed by atoms with E-state index in [1.807, 2.05) is 20.8 Å². The van der Waals surface area contributed by atoms with E-state index in [1.54, 1.807) is 4.90 Å². The molecule has 1 heterocycles. The van der Waals surface area contributed by atoms with E-state index in [0.29, 0.717) is 19.5 Å². The highest BCUT2D eigenvalue weighted by Gasteiger charge is 2.37. The third-order valence-electron chi connectivity index (χ3n) is 4.04. The van der Waals surface area contributed by atoms with Crippen molar-refractivity contribution in [2.45, 2.75) is 52.5 Å². The first-order valence-electron chi connectivity index (χ1n) is 7.88. The number of aliphatic carboxylic acids is 1. The van der Waals surface area contributed by atoms with Gasteiger partial charge in [-0.3, -0.25) is 9.59 Å². The minimum Gasteiger partial charge on any atom is -0.481 e. The van der Waals surface area contributed by atoms with Gasteiger partial charge < -0.3 is 10.0 Å². The molecule has 0 aromatic rings. The van der Waals surface area contributed by atoms with Crippen LogP contribution in [-0.2, 0) is 19.6 Å². The van der Waals surface area contributed by atoms with Crippen LogP contribution in [-0.4, -0.2) is 55.7 Å². The highest BCUT2D eigenvalue weighted by molar-refractivity contribution is 7.88. The maximum Gasteiger partial charge on any atom is 0.303 e. The van der Waals surface area contributed by atoms with Crippen LogP contribution in [0.4, 0.5) is 0 Å². The number of nitrogens with zero attached hydrogens (tertiary/aromatic N) is 1. The van der Waals surface area contributed by atoms with Gasteiger partial charge in [0.2, 0.25) is 15.9 Å². The quantitative estimate of drug-likeness (QED) is 0.747. The number of piperidine rings is 1. The summed E-state index contributed by atoms with van der Waals surface area (Å²) >= 11 is 0. The second-order valence-electron chi connectivity index (χ2n) is 7.41. The van der Waals surface area contributed by atoms with Crippen LogP contribution >= 0.6 is 0 Å². The number of carboxylic acids is 1. The van der Waals surface area contributed by atoms with Gasteiger partial charge in [0.15, 0.2) is 0 Å². The smallest absolute Gasteiger partial charge is 0.303 e. The molecule has 0 bridgehead atoms. The molecule has 2 atom stereocenters. The molecule has 0 saturated carbocycles. The number of carbonyl (C=O) groups is 2. The molecule has 1 aliphatic rings. The summed E-state index contributed by atoms with van der Waals surface area (Å²) in [6.07, 6.45) is 3.39. The first-order chi connectivity index (χ1) is 10.4. The van der Waals surface area contributed by atoms with Crippen molar-refractivity contribution >= 4 is 21.9 Å². The molecule has 0 aromatic carbocycles. The molecule has 1 amide bonds. The van der Waals surface area contributed by atoms with Crippen LogP contribution in [0.3, 0.4) is 0 Å². The lowest BCUT2D eigenvalue weighted by molar-refractivity contribution is -0.138. The van der Waals surface area contributed by atoms with Gasteiger partial charge >= 0.3 is 5.97 Å². The zero-order chi connectivity index (χ0) is 17.8. The average Bonchev–Trinajstić information content (AvgIpc) is 2.40. The zero-order valence-electron chi connectivity index (χ0n) is 14.3. The van der Waals surface area contributed by atoms with Gasteiger partial charge in [-0.05, 0) is 30.6 Å². The predicted molar refractivity (Wildman–Crippen MR) is 87.4 cm³/mol. The number of hydrogen-bond acceptors (Lipinski definition) is 4. The highest BCUT2D eigenvalue weighted by atomic mass is 32.2. The van der Waals surface area contributed by atoms with Crippen molar-refractivity contribution in [1.82, 2.24) is 9.62 Å². The van der Waals surface area contributed by atoms with Gasteiger partial charge in [-0.15, -0.1) is 0 Å². The van der Waals surface area contributed by atoms with Crippen molar-refractivity contribution in [3.05, 3.63) is 0 Å². The Morgan fingerprint density at radius 2 is 1.96 bits per heavy atom. The van der Waals surface area contributed by atoms with Crippen molar-refractivity contribution in [1.29, 1.82) is 0 Å². The van der Waals surface area contributed by atoms with Gasteiger partial charge in [0.25, 0.3) is 0 Å². The Balaban J connectivity index is 2.80. The van der Waals surface area contributed by atoms with Gasteiger partial charge in [0, 0.05) is 19.5 Å². The second kappa shape index (κ2) is 7.61.